The quantitative estimate of drug-likeness (QED) is 0.385. The van der Waals surface area contributed by atoms with Crippen molar-refractivity contribution in [3.05, 3.63) is 0 Å². The molecule has 0 aliphatic rings. The predicted molar refractivity (Wildman–Crippen MR) is 84.2 cm³/mol. The van der Waals surface area contributed by atoms with Gasteiger partial charge in [-0.15, -0.1) is 0 Å². The summed E-state index contributed by atoms with van der Waals surface area (Å²) in [7, 11) is 0. The van der Waals surface area contributed by atoms with Gasteiger partial charge < -0.3 is 4.90 Å². The van der Waals surface area contributed by atoms with Gasteiger partial charge in [0, 0.05) is 6.04 Å². The maximum atomic E-state index is 2.72. The van der Waals surface area contributed by atoms with Crippen molar-refractivity contribution < 1.29 is 0 Å². The van der Waals surface area contributed by atoms with Crippen LogP contribution in [0.3, 0.4) is 0 Å². The van der Waals surface area contributed by atoms with Crippen LogP contribution in [0.15, 0.2) is 0 Å². The van der Waals surface area contributed by atoms with Crippen molar-refractivity contribution in [2.45, 2.75) is 97.9 Å². The molecule has 110 valence electrons. The normalized spacial score (nSPS) is 13.2. The molecule has 0 rings (SSSR count). The number of rotatable bonds is 13. The summed E-state index contributed by atoms with van der Waals surface area (Å²) in [6.07, 6.45) is 13.9. The number of unbranched alkanes of at least 4 members (excludes halogenated alkanes) is 7. The average Bonchev–Trinajstić information content (AvgIpc) is 2.40. The summed E-state index contributed by atoms with van der Waals surface area (Å²) in [5.41, 5.74) is 0. The Hall–Kier alpha value is -0.0400. The molecule has 0 fully saturated rings. The SMILES string of the molecule is CCCCCCCN(CCCCCC)C(C)CC. The zero-order chi connectivity index (χ0) is 13.6. The van der Waals surface area contributed by atoms with Crippen LogP contribution in [0.2, 0.25) is 0 Å². The Morgan fingerprint density at radius 1 is 0.667 bits per heavy atom. The summed E-state index contributed by atoms with van der Waals surface area (Å²) in [5.74, 6) is 0. The molecule has 0 radical (unpaired) electrons. The van der Waals surface area contributed by atoms with Crippen LogP contribution in [0.5, 0.6) is 0 Å². The molecule has 0 saturated carbocycles. The van der Waals surface area contributed by atoms with E-state index in [-0.39, 0.29) is 0 Å². The second-order valence-electron chi connectivity index (χ2n) is 5.77. The lowest BCUT2D eigenvalue weighted by Gasteiger charge is -2.28. The molecule has 0 aromatic rings. The van der Waals surface area contributed by atoms with E-state index in [1.165, 1.54) is 77.3 Å². The highest BCUT2D eigenvalue weighted by molar-refractivity contribution is 4.66. The van der Waals surface area contributed by atoms with E-state index in [2.05, 4.69) is 32.6 Å². The molecule has 18 heavy (non-hydrogen) atoms. The molecule has 0 N–H and O–H groups in total. The van der Waals surface area contributed by atoms with E-state index in [1.807, 2.05) is 0 Å². The molecule has 1 unspecified atom stereocenters. The van der Waals surface area contributed by atoms with E-state index in [0.29, 0.717) is 0 Å². The molecule has 0 bridgehead atoms. The fourth-order valence-corrected chi connectivity index (χ4v) is 2.47. The monoisotopic (exact) mass is 255 g/mol. The van der Waals surface area contributed by atoms with Crippen LogP contribution >= 0.6 is 0 Å². The van der Waals surface area contributed by atoms with E-state index in [4.69, 9.17) is 0 Å². The second kappa shape index (κ2) is 13.4. The minimum Gasteiger partial charge on any atom is -0.301 e. The minimum atomic E-state index is 0.776. The average molecular weight is 255 g/mol. The maximum Gasteiger partial charge on any atom is 0.00643 e. The first-order valence-electron chi connectivity index (χ1n) is 8.50. The summed E-state index contributed by atoms with van der Waals surface area (Å²) in [6.45, 7) is 11.9. The first-order valence-corrected chi connectivity index (χ1v) is 8.50. The van der Waals surface area contributed by atoms with Gasteiger partial charge in [0.25, 0.3) is 0 Å². The lowest BCUT2D eigenvalue weighted by molar-refractivity contribution is 0.195. The molecule has 0 aromatic carbocycles. The molecular weight excluding hydrogens is 218 g/mol. The van der Waals surface area contributed by atoms with Gasteiger partial charge in [0.05, 0.1) is 0 Å². The Bertz CT molecular complexity index is 156. The summed E-state index contributed by atoms with van der Waals surface area (Å²) in [4.78, 5) is 2.72. The van der Waals surface area contributed by atoms with Crippen molar-refractivity contribution in [2.24, 2.45) is 0 Å². The minimum absolute atomic E-state index is 0.776. The van der Waals surface area contributed by atoms with Gasteiger partial charge in [0.2, 0.25) is 0 Å². The summed E-state index contributed by atoms with van der Waals surface area (Å²) in [5, 5.41) is 0. The van der Waals surface area contributed by atoms with Crippen LogP contribution in [0.25, 0.3) is 0 Å². The number of nitrogens with zero attached hydrogens (tertiary/aromatic N) is 1. The van der Waals surface area contributed by atoms with Crippen LogP contribution in [0.1, 0.15) is 91.9 Å². The highest BCUT2D eigenvalue weighted by Gasteiger charge is 2.10. The van der Waals surface area contributed by atoms with Gasteiger partial charge in [-0.2, -0.15) is 0 Å². The Morgan fingerprint density at radius 3 is 1.56 bits per heavy atom. The van der Waals surface area contributed by atoms with E-state index in [1.54, 1.807) is 0 Å². The highest BCUT2D eigenvalue weighted by Crippen LogP contribution is 2.10. The third kappa shape index (κ3) is 9.94. The Kier molecular flexibility index (Phi) is 13.4. The van der Waals surface area contributed by atoms with Gasteiger partial charge >= 0.3 is 0 Å². The zero-order valence-corrected chi connectivity index (χ0v) is 13.5. The van der Waals surface area contributed by atoms with Gasteiger partial charge in [-0.25, -0.2) is 0 Å². The molecule has 0 aromatic heterocycles. The van der Waals surface area contributed by atoms with Crippen molar-refractivity contribution in [1.29, 1.82) is 0 Å². The maximum absolute atomic E-state index is 2.72. The van der Waals surface area contributed by atoms with Crippen molar-refractivity contribution in [3.8, 4) is 0 Å². The van der Waals surface area contributed by atoms with E-state index < -0.39 is 0 Å². The first-order chi connectivity index (χ1) is 8.76. The predicted octanol–water partition coefficient (Wildman–Crippen LogP) is 5.64. The van der Waals surface area contributed by atoms with Crippen LogP contribution in [0.4, 0.5) is 0 Å². The molecular formula is C17H37N. The van der Waals surface area contributed by atoms with Crippen LogP contribution < -0.4 is 0 Å². The lowest BCUT2D eigenvalue weighted by Crippen LogP contribution is -2.34. The molecule has 0 heterocycles. The molecule has 0 spiro atoms. The van der Waals surface area contributed by atoms with Crippen molar-refractivity contribution in [3.63, 3.8) is 0 Å². The molecule has 1 atom stereocenters. The smallest absolute Gasteiger partial charge is 0.00643 e. The van der Waals surface area contributed by atoms with Crippen LogP contribution in [0, 0.1) is 0 Å². The zero-order valence-electron chi connectivity index (χ0n) is 13.5. The van der Waals surface area contributed by atoms with E-state index in [9.17, 15) is 0 Å². The third-order valence-electron chi connectivity index (χ3n) is 4.06. The van der Waals surface area contributed by atoms with Crippen LogP contribution in [-0.4, -0.2) is 24.0 Å². The first kappa shape index (κ1) is 18.0. The van der Waals surface area contributed by atoms with Crippen molar-refractivity contribution in [2.75, 3.05) is 13.1 Å². The summed E-state index contributed by atoms with van der Waals surface area (Å²) in [6, 6.07) is 0.776. The highest BCUT2D eigenvalue weighted by atomic mass is 15.1. The fourth-order valence-electron chi connectivity index (χ4n) is 2.47. The third-order valence-corrected chi connectivity index (χ3v) is 4.06. The van der Waals surface area contributed by atoms with Gasteiger partial charge in [-0.05, 0) is 39.3 Å². The molecule has 1 nitrogen and oxygen atoms in total. The van der Waals surface area contributed by atoms with Gasteiger partial charge in [0.15, 0.2) is 0 Å². The molecule has 0 amide bonds. The largest absolute Gasteiger partial charge is 0.301 e. The molecule has 0 aliphatic carbocycles. The number of hydrogen-bond acceptors (Lipinski definition) is 1. The Morgan fingerprint density at radius 2 is 1.11 bits per heavy atom. The molecule has 0 saturated heterocycles. The van der Waals surface area contributed by atoms with Gasteiger partial charge in [-0.3, -0.25) is 0 Å². The van der Waals surface area contributed by atoms with Crippen molar-refractivity contribution in [1.82, 2.24) is 4.90 Å². The Balaban J connectivity index is 3.70. The lowest BCUT2D eigenvalue weighted by atomic mass is 10.1. The van der Waals surface area contributed by atoms with Gasteiger partial charge in [0.1, 0.15) is 0 Å². The fraction of sp³-hybridized carbons (Fsp3) is 1.00. The summed E-state index contributed by atoms with van der Waals surface area (Å²) < 4.78 is 0. The van der Waals surface area contributed by atoms with Gasteiger partial charge in [-0.1, -0.05) is 65.7 Å². The topological polar surface area (TPSA) is 3.24 Å². The number of hydrogen-bond donors (Lipinski definition) is 0. The van der Waals surface area contributed by atoms with Crippen molar-refractivity contribution >= 4 is 0 Å². The second-order valence-corrected chi connectivity index (χ2v) is 5.77. The molecule has 0 aliphatic heterocycles. The Labute approximate surface area is 116 Å². The summed E-state index contributed by atoms with van der Waals surface area (Å²) >= 11 is 0. The van der Waals surface area contributed by atoms with Crippen LogP contribution in [-0.2, 0) is 0 Å². The van der Waals surface area contributed by atoms with E-state index in [0.717, 1.165) is 6.04 Å². The van der Waals surface area contributed by atoms with E-state index >= 15 is 0 Å². The molecule has 1 heteroatoms. The standard InChI is InChI=1S/C17H37N/c1-5-8-10-12-14-16-18(17(4)7-3)15-13-11-9-6-2/h17H,5-16H2,1-4H3.